The normalized spacial score (nSPS) is 15.9. The van der Waals surface area contributed by atoms with Crippen LogP contribution in [0.3, 0.4) is 0 Å². The Morgan fingerprint density at radius 1 is 1.06 bits per heavy atom. The first-order chi connectivity index (χ1) is 8.90. The van der Waals surface area contributed by atoms with E-state index in [1.165, 1.54) is 50.6 Å². The zero-order valence-electron chi connectivity index (χ0n) is 11.4. The highest BCUT2D eigenvalue weighted by atomic mass is 15.2. The van der Waals surface area contributed by atoms with Gasteiger partial charge in [-0.2, -0.15) is 0 Å². The van der Waals surface area contributed by atoms with Gasteiger partial charge in [-0.15, -0.1) is 0 Å². The smallest absolute Gasteiger partial charge is 0.0108 e. The van der Waals surface area contributed by atoms with Crippen LogP contribution >= 0.6 is 0 Å². The van der Waals surface area contributed by atoms with Gasteiger partial charge in [-0.05, 0) is 44.2 Å². The highest BCUT2D eigenvalue weighted by Gasteiger charge is 2.23. The first kappa shape index (κ1) is 13.6. The lowest BCUT2D eigenvalue weighted by atomic mass is 9.91. The molecular formula is C16H26N2. The van der Waals surface area contributed by atoms with Crippen molar-refractivity contribution in [3.63, 3.8) is 0 Å². The zero-order chi connectivity index (χ0) is 12.6. The van der Waals surface area contributed by atoms with Crippen LogP contribution in [0.4, 0.5) is 0 Å². The minimum Gasteiger partial charge on any atom is -0.329 e. The molecule has 1 aromatic rings. The van der Waals surface area contributed by atoms with Gasteiger partial charge in [-0.3, -0.25) is 4.90 Å². The van der Waals surface area contributed by atoms with Gasteiger partial charge >= 0.3 is 0 Å². The lowest BCUT2D eigenvalue weighted by Crippen LogP contribution is -2.43. The Hall–Kier alpha value is -0.860. The van der Waals surface area contributed by atoms with Crippen LogP contribution in [0.1, 0.15) is 37.7 Å². The second-order valence-corrected chi connectivity index (χ2v) is 5.35. The van der Waals surface area contributed by atoms with Crippen LogP contribution in [0.2, 0.25) is 0 Å². The molecule has 1 aliphatic carbocycles. The predicted molar refractivity (Wildman–Crippen MR) is 77.6 cm³/mol. The molecule has 0 unspecified atom stereocenters. The molecule has 0 atom stereocenters. The van der Waals surface area contributed by atoms with Gasteiger partial charge in [-0.1, -0.05) is 36.8 Å². The second kappa shape index (κ2) is 7.55. The number of hydrogen-bond donors (Lipinski definition) is 1. The van der Waals surface area contributed by atoms with E-state index in [9.17, 15) is 0 Å². The molecule has 0 aliphatic heterocycles. The van der Waals surface area contributed by atoms with Gasteiger partial charge in [0, 0.05) is 19.1 Å². The number of rotatable bonds is 8. The van der Waals surface area contributed by atoms with Crippen LogP contribution in [0.5, 0.6) is 0 Å². The third-order valence-electron chi connectivity index (χ3n) is 4.01. The van der Waals surface area contributed by atoms with E-state index in [2.05, 4.69) is 35.2 Å². The number of aryl methyl sites for hydroxylation is 1. The summed E-state index contributed by atoms with van der Waals surface area (Å²) in [6.45, 7) is 3.11. The summed E-state index contributed by atoms with van der Waals surface area (Å²) in [5.41, 5.74) is 7.16. The summed E-state index contributed by atoms with van der Waals surface area (Å²) in [6, 6.07) is 11.6. The highest BCUT2D eigenvalue weighted by Crippen LogP contribution is 2.24. The van der Waals surface area contributed by atoms with Gasteiger partial charge in [0.25, 0.3) is 0 Å². The number of nitrogens with zero attached hydrogens (tertiary/aromatic N) is 1. The van der Waals surface area contributed by atoms with Crippen molar-refractivity contribution in [3.8, 4) is 0 Å². The Bertz CT molecular complexity index is 319. The molecule has 2 N–H and O–H groups in total. The van der Waals surface area contributed by atoms with Crippen LogP contribution in [0, 0.1) is 0 Å². The van der Waals surface area contributed by atoms with Crippen LogP contribution in [0.25, 0.3) is 0 Å². The Labute approximate surface area is 111 Å². The lowest BCUT2D eigenvalue weighted by Gasteiger charge is -2.37. The molecule has 1 aliphatic rings. The fourth-order valence-corrected chi connectivity index (χ4v) is 2.68. The molecule has 100 valence electrons. The Morgan fingerprint density at radius 3 is 2.44 bits per heavy atom. The van der Waals surface area contributed by atoms with Crippen molar-refractivity contribution in [1.29, 1.82) is 0 Å². The average Bonchev–Trinajstić information content (AvgIpc) is 2.34. The minimum absolute atomic E-state index is 0.801. The average molecular weight is 246 g/mol. The predicted octanol–water partition coefficient (Wildman–Crippen LogP) is 2.82. The molecule has 2 heteroatoms. The van der Waals surface area contributed by atoms with E-state index in [0.717, 1.165) is 19.1 Å². The maximum absolute atomic E-state index is 5.70. The van der Waals surface area contributed by atoms with Crippen molar-refractivity contribution >= 4 is 0 Å². The summed E-state index contributed by atoms with van der Waals surface area (Å²) >= 11 is 0. The van der Waals surface area contributed by atoms with Gasteiger partial charge in [-0.25, -0.2) is 0 Å². The molecule has 0 bridgehead atoms. The molecule has 0 saturated heterocycles. The second-order valence-electron chi connectivity index (χ2n) is 5.35. The van der Waals surface area contributed by atoms with Crippen LogP contribution < -0.4 is 5.73 Å². The molecule has 1 aromatic carbocycles. The summed E-state index contributed by atoms with van der Waals surface area (Å²) in [6.07, 6.45) is 7.98. The summed E-state index contributed by atoms with van der Waals surface area (Å²) in [7, 11) is 0. The molecule has 0 aromatic heterocycles. The third-order valence-corrected chi connectivity index (χ3v) is 4.01. The van der Waals surface area contributed by atoms with E-state index < -0.39 is 0 Å². The van der Waals surface area contributed by atoms with Crippen molar-refractivity contribution in [2.24, 2.45) is 5.73 Å². The summed E-state index contributed by atoms with van der Waals surface area (Å²) < 4.78 is 0. The number of benzene rings is 1. The van der Waals surface area contributed by atoms with Crippen LogP contribution in [0.15, 0.2) is 30.3 Å². The molecule has 1 fully saturated rings. The molecule has 2 nitrogen and oxygen atoms in total. The van der Waals surface area contributed by atoms with Crippen molar-refractivity contribution in [2.75, 3.05) is 19.6 Å². The van der Waals surface area contributed by atoms with Crippen molar-refractivity contribution in [3.05, 3.63) is 35.9 Å². The summed E-state index contributed by atoms with van der Waals surface area (Å²) in [4.78, 5) is 2.61. The van der Waals surface area contributed by atoms with Crippen molar-refractivity contribution < 1.29 is 0 Å². The van der Waals surface area contributed by atoms with Crippen molar-refractivity contribution in [2.45, 2.75) is 44.6 Å². The fraction of sp³-hybridized carbons (Fsp3) is 0.625. The van der Waals surface area contributed by atoms with Gasteiger partial charge in [0.1, 0.15) is 0 Å². The van der Waals surface area contributed by atoms with E-state index >= 15 is 0 Å². The first-order valence-corrected chi connectivity index (χ1v) is 7.38. The molecule has 1 saturated carbocycles. The summed E-state index contributed by atoms with van der Waals surface area (Å²) in [5.74, 6) is 0. The SMILES string of the molecule is NCCN(CCCCc1ccccc1)C1CCC1. The largest absolute Gasteiger partial charge is 0.329 e. The standard InChI is InChI=1S/C16H26N2/c17-12-14-18(16-10-6-11-16)13-5-4-9-15-7-2-1-3-8-15/h1-3,7-8,16H,4-6,9-14,17H2. The van der Waals surface area contributed by atoms with Crippen LogP contribution in [-0.2, 0) is 6.42 Å². The molecule has 0 radical (unpaired) electrons. The van der Waals surface area contributed by atoms with E-state index in [0.29, 0.717) is 0 Å². The molecule has 0 heterocycles. The van der Waals surface area contributed by atoms with Gasteiger partial charge in [0.15, 0.2) is 0 Å². The first-order valence-electron chi connectivity index (χ1n) is 7.38. The lowest BCUT2D eigenvalue weighted by molar-refractivity contribution is 0.128. The summed E-state index contributed by atoms with van der Waals surface area (Å²) in [5, 5.41) is 0. The van der Waals surface area contributed by atoms with Crippen LogP contribution in [-0.4, -0.2) is 30.6 Å². The molecular weight excluding hydrogens is 220 g/mol. The van der Waals surface area contributed by atoms with Gasteiger partial charge in [0.2, 0.25) is 0 Å². The molecule has 18 heavy (non-hydrogen) atoms. The Kier molecular flexibility index (Phi) is 5.69. The maximum atomic E-state index is 5.70. The topological polar surface area (TPSA) is 29.3 Å². The van der Waals surface area contributed by atoms with E-state index in [-0.39, 0.29) is 0 Å². The fourth-order valence-electron chi connectivity index (χ4n) is 2.68. The minimum atomic E-state index is 0.801. The Balaban J connectivity index is 1.63. The molecule has 0 amide bonds. The number of unbranched alkanes of at least 4 members (excludes halogenated alkanes) is 1. The highest BCUT2D eigenvalue weighted by molar-refractivity contribution is 5.14. The Morgan fingerprint density at radius 2 is 1.83 bits per heavy atom. The van der Waals surface area contributed by atoms with Gasteiger partial charge < -0.3 is 5.73 Å². The quantitative estimate of drug-likeness (QED) is 0.715. The molecule has 0 spiro atoms. The maximum Gasteiger partial charge on any atom is 0.0108 e. The number of nitrogens with two attached hydrogens (primary N) is 1. The van der Waals surface area contributed by atoms with E-state index in [4.69, 9.17) is 5.73 Å². The van der Waals surface area contributed by atoms with Gasteiger partial charge in [0.05, 0.1) is 0 Å². The molecule has 2 rings (SSSR count). The van der Waals surface area contributed by atoms with Crippen molar-refractivity contribution in [1.82, 2.24) is 4.90 Å². The zero-order valence-corrected chi connectivity index (χ0v) is 11.4. The number of hydrogen-bond acceptors (Lipinski definition) is 2. The monoisotopic (exact) mass is 246 g/mol. The third kappa shape index (κ3) is 4.11. The van der Waals surface area contributed by atoms with E-state index in [1.54, 1.807) is 0 Å². The van der Waals surface area contributed by atoms with E-state index in [1.807, 2.05) is 0 Å².